The van der Waals surface area contributed by atoms with E-state index in [9.17, 15) is 9.18 Å². The van der Waals surface area contributed by atoms with Gasteiger partial charge in [-0.15, -0.1) is 0 Å². The number of carbonyl (C=O) groups is 1. The molecule has 0 spiro atoms. The topological polar surface area (TPSA) is 61.6 Å². The number of likely N-dealkylation sites (N-methyl/N-ethyl adjacent to an activating group) is 1. The monoisotopic (exact) mass is 420 g/mol. The first-order valence-corrected chi connectivity index (χ1v) is 9.24. The van der Waals surface area contributed by atoms with E-state index in [2.05, 4.69) is 44.9 Å². The van der Waals surface area contributed by atoms with E-state index >= 15 is 0 Å². The molecule has 0 saturated carbocycles. The molecular formula is C19H22BrFN4O. The summed E-state index contributed by atoms with van der Waals surface area (Å²) in [6.07, 6.45) is 0. The van der Waals surface area contributed by atoms with Crippen LogP contribution in [0.4, 0.5) is 4.39 Å². The van der Waals surface area contributed by atoms with Crippen molar-refractivity contribution in [2.24, 2.45) is 5.84 Å². The molecule has 0 aromatic heterocycles. The van der Waals surface area contributed by atoms with Crippen molar-refractivity contribution in [1.82, 2.24) is 15.2 Å². The molecule has 1 heterocycles. The van der Waals surface area contributed by atoms with E-state index in [1.165, 1.54) is 11.6 Å². The molecule has 1 unspecified atom stereocenters. The van der Waals surface area contributed by atoms with E-state index < -0.39 is 11.7 Å². The number of halogens is 2. The van der Waals surface area contributed by atoms with Crippen molar-refractivity contribution < 1.29 is 9.18 Å². The van der Waals surface area contributed by atoms with E-state index in [0.29, 0.717) is 12.1 Å². The highest BCUT2D eigenvalue weighted by Crippen LogP contribution is 2.29. The van der Waals surface area contributed by atoms with Crippen molar-refractivity contribution >= 4 is 21.8 Å². The fourth-order valence-corrected chi connectivity index (χ4v) is 3.71. The predicted molar refractivity (Wildman–Crippen MR) is 103 cm³/mol. The zero-order valence-corrected chi connectivity index (χ0v) is 16.2. The van der Waals surface area contributed by atoms with Crippen molar-refractivity contribution in [3.8, 4) is 0 Å². The van der Waals surface area contributed by atoms with Crippen molar-refractivity contribution in [3.63, 3.8) is 0 Å². The molecule has 1 atom stereocenters. The van der Waals surface area contributed by atoms with Gasteiger partial charge in [-0.1, -0.05) is 34.1 Å². The van der Waals surface area contributed by atoms with Gasteiger partial charge in [-0.3, -0.25) is 15.1 Å². The lowest BCUT2D eigenvalue weighted by Crippen LogP contribution is -2.46. The van der Waals surface area contributed by atoms with Gasteiger partial charge >= 0.3 is 0 Å². The standard InChI is InChI=1S/C19H22BrFN4O/c1-24-7-8-25(18(12-24)13-3-2-4-16(20)9-13)11-15-6-5-14(10-17(15)21)19(26)23-22/h2-6,9-10,18H,7-8,11-12,22H2,1H3,(H,23,26). The molecule has 7 heteroatoms. The number of hydrogen-bond acceptors (Lipinski definition) is 4. The van der Waals surface area contributed by atoms with E-state index in [0.717, 1.165) is 24.1 Å². The number of nitrogen functional groups attached to an aromatic ring is 1. The van der Waals surface area contributed by atoms with Crippen LogP contribution in [0.5, 0.6) is 0 Å². The van der Waals surface area contributed by atoms with Gasteiger partial charge in [0.25, 0.3) is 5.91 Å². The molecule has 138 valence electrons. The van der Waals surface area contributed by atoms with Gasteiger partial charge in [-0.25, -0.2) is 10.2 Å². The molecule has 5 nitrogen and oxygen atoms in total. The smallest absolute Gasteiger partial charge is 0.265 e. The van der Waals surface area contributed by atoms with Gasteiger partial charge in [-0.2, -0.15) is 0 Å². The van der Waals surface area contributed by atoms with Crippen LogP contribution >= 0.6 is 15.9 Å². The summed E-state index contributed by atoms with van der Waals surface area (Å²) >= 11 is 3.53. The van der Waals surface area contributed by atoms with Gasteiger partial charge in [0, 0.05) is 47.8 Å². The third kappa shape index (κ3) is 4.29. The molecule has 0 radical (unpaired) electrons. The summed E-state index contributed by atoms with van der Waals surface area (Å²) in [5, 5.41) is 0. The molecule has 1 fully saturated rings. The highest BCUT2D eigenvalue weighted by molar-refractivity contribution is 9.10. The van der Waals surface area contributed by atoms with Crippen LogP contribution in [0.2, 0.25) is 0 Å². The molecule has 0 bridgehead atoms. The number of nitrogens with two attached hydrogens (primary N) is 1. The van der Waals surface area contributed by atoms with E-state index in [1.54, 1.807) is 12.1 Å². The minimum absolute atomic E-state index is 0.178. The maximum absolute atomic E-state index is 14.5. The van der Waals surface area contributed by atoms with Gasteiger partial charge < -0.3 is 4.90 Å². The van der Waals surface area contributed by atoms with Crippen LogP contribution in [0.3, 0.4) is 0 Å². The molecule has 3 N–H and O–H groups in total. The Bertz CT molecular complexity index is 801. The number of carbonyl (C=O) groups excluding carboxylic acids is 1. The average molecular weight is 421 g/mol. The molecular weight excluding hydrogens is 399 g/mol. The summed E-state index contributed by atoms with van der Waals surface area (Å²) < 4.78 is 15.5. The van der Waals surface area contributed by atoms with Crippen molar-refractivity contribution in [2.75, 3.05) is 26.7 Å². The quantitative estimate of drug-likeness (QED) is 0.453. The SMILES string of the molecule is CN1CCN(Cc2ccc(C(=O)NN)cc2F)C(c2cccc(Br)c2)C1. The van der Waals surface area contributed by atoms with Crippen LogP contribution in [0, 0.1) is 5.82 Å². The number of hydrogen-bond donors (Lipinski definition) is 2. The number of nitrogens with zero attached hydrogens (tertiary/aromatic N) is 2. The number of hydrazine groups is 1. The number of rotatable bonds is 4. The summed E-state index contributed by atoms with van der Waals surface area (Å²) in [5.74, 6) is 4.22. The number of nitrogens with one attached hydrogen (secondary N) is 1. The Balaban J connectivity index is 1.83. The van der Waals surface area contributed by atoms with Gasteiger partial charge in [-0.05, 0) is 36.9 Å². The Morgan fingerprint density at radius 2 is 2.12 bits per heavy atom. The third-order valence-corrected chi connectivity index (χ3v) is 5.24. The normalized spacial score (nSPS) is 18.7. The predicted octanol–water partition coefficient (Wildman–Crippen LogP) is 2.68. The lowest BCUT2D eigenvalue weighted by Gasteiger charge is -2.40. The Labute approximate surface area is 161 Å². The van der Waals surface area contributed by atoms with Crippen LogP contribution in [0.25, 0.3) is 0 Å². The minimum Gasteiger partial charge on any atom is -0.303 e. The summed E-state index contributed by atoms with van der Waals surface area (Å²) in [6, 6.07) is 12.9. The molecule has 26 heavy (non-hydrogen) atoms. The second-order valence-corrected chi connectivity index (χ2v) is 7.50. The zero-order chi connectivity index (χ0) is 18.7. The zero-order valence-electron chi connectivity index (χ0n) is 14.6. The summed E-state index contributed by atoms with van der Waals surface area (Å²) in [5.41, 5.74) is 4.01. The Morgan fingerprint density at radius 1 is 1.31 bits per heavy atom. The molecule has 1 aliphatic rings. The van der Waals surface area contributed by atoms with Crippen LogP contribution in [0.15, 0.2) is 46.9 Å². The highest BCUT2D eigenvalue weighted by atomic mass is 79.9. The van der Waals surface area contributed by atoms with Crippen molar-refractivity contribution in [3.05, 3.63) is 69.4 Å². The Morgan fingerprint density at radius 3 is 2.81 bits per heavy atom. The van der Waals surface area contributed by atoms with Gasteiger partial charge in [0.1, 0.15) is 5.82 Å². The third-order valence-electron chi connectivity index (χ3n) is 4.75. The first kappa shape index (κ1) is 19.0. The summed E-state index contributed by atoms with van der Waals surface area (Å²) in [4.78, 5) is 16.1. The molecule has 0 aliphatic carbocycles. The number of piperazine rings is 1. The Kier molecular flexibility index (Phi) is 6.03. The maximum Gasteiger partial charge on any atom is 0.265 e. The number of amides is 1. The van der Waals surface area contributed by atoms with Crippen LogP contribution in [-0.4, -0.2) is 42.4 Å². The Hall–Kier alpha value is -1.80. The van der Waals surface area contributed by atoms with Gasteiger partial charge in [0.15, 0.2) is 0 Å². The van der Waals surface area contributed by atoms with E-state index in [4.69, 9.17) is 5.84 Å². The van der Waals surface area contributed by atoms with Crippen LogP contribution in [-0.2, 0) is 6.54 Å². The van der Waals surface area contributed by atoms with Crippen LogP contribution in [0.1, 0.15) is 27.5 Å². The second-order valence-electron chi connectivity index (χ2n) is 6.58. The molecule has 1 aliphatic heterocycles. The minimum atomic E-state index is -0.498. The van der Waals surface area contributed by atoms with Gasteiger partial charge in [0.05, 0.1) is 0 Å². The van der Waals surface area contributed by atoms with E-state index in [1.807, 2.05) is 17.6 Å². The molecule has 3 rings (SSSR count). The highest BCUT2D eigenvalue weighted by Gasteiger charge is 2.27. The lowest BCUT2D eigenvalue weighted by atomic mass is 10.0. The first-order chi connectivity index (χ1) is 12.5. The number of benzene rings is 2. The molecule has 1 amide bonds. The molecule has 2 aromatic carbocycles. The fourth-order valence-electron chi connectivity index (χ4n) is 3.30. The molecule has 2 aromatic rings. The fraction of sp³-hybridized carbons (Fsp3) is 0.316. The van der Waals surface area contributed by atoms with Crippen molar-refractivity contribution in [2.45, 2.75) is 12.6 Å². The second kappa shape index (κ2) is 8.26. The largest absolute Gasteiger partial charge is 0.303 e. The lowest BCUT2D eigenvalue weighted by molar-refractivity contribution is 0.0823. The maximum atomic E-state index is 14.5. The molecule has 1 saturated heterocycles. The first-order valence-electron chi connectivity index (χ1n) is 8.45. The van der Waals surface area contributed by atoms with Crippen LogP contribution < -0.4 is 11.3 Å². The van der Waals surface area contributed by atoms with Crippen molar-refractivity contribution in [1.29, 1.82) is 0 Å². The summed E-state index contributed by atoms with van der Waals surface area (Å²) in [7, 11) is 2.10. The summed E-state index contributed by atoms with van der Waals surface area (Å²) in [6.45, 7) is 3.14. The average Bonchev–Trinajstić information content (AvgIpc) is 2.64. The van der Waals surface area contributed by atoms with E-state index in [-0.39, 0.29) is 11.6 Å². The van der Waals surface area contributed by atoms with Gasteiger partial charge in [0.2, 0.25) is 0 Å².